The van der Waals surface area contributed by atoms with Gasteiger partial charge in [-0.2, -0.15) is 0 Å². The molecule has 2 heterocycles. The van der Waals surface area contributed by atoms with E-state index in [-0.39, 0.29) is 0 Å². The number of hydrogen-bond donors (Lipinski definition) is 0. The second-order valence-electron chi connectivity index (χ2n) is 6.90. The molecule has 0 saturated heterocycles. The molecule has 0 saturated carbocycles. The Hall–Kier alpha value is -3.29. The second-order valence-corrected chi connectivity index (χ2v) is 9.53. The molecule has 2 aliphatic heterocycles. The van der Waals surface area contributed by atoms with Crippen LogP contribution in [0, 0.1) is 0 Å². The van der Waals surface area contributed by atoms with E-state index in [1.807, 2.05) is 91.0 Å². The molecule has 0 fully saturated rings. The third-order valence-corrected chi connectivity index (χ3v) is 8.48. The lowest BCUT2D eigenvalue weighted by Crippen LogP contribution is -2.35. The van der Waals surface area contributed by atoms with E-state index in [1.165, 1.54) is 0 Å². The number of para-hydroxylation sites is 2. The van der Waals surface area contributed by atoms with Gasteiger partial charge in [0.15, 0.2) is 7.14 Å². The summed E-state index contributed by atoms with van der Waals surface area (Å²) in [6, 6.07) is 29.1. The fourth-order valence-corrected chi connectivity index (χ4v) is 7.17. The average Bonchev–Trinajstić information content (AvgIpc) is 2.75. The Morgan fingerprint density at radius 2 is 1.18 bits per heavy atom. The molecule has 1 atom stereocenters. The molecule has 0 amide bonds. The number of benzene rings is 4. The summed E-state index contributed by atoms with van der Waals surface area (Å²) in [6.07, 6.45) is 0. The fourth-order valence-electron chi connectivity index (χ4n) is 4.09. The molecule has 2 aliphatic rings. The quantitative estimate of drug-likeness (QED) is 0.367. The van der Waals surface area contributed by atoms with Crippen LogP contribution >= 0.6 is 7.14 Å². The van der Waals surface area contributed by atoms with E-state index < -0.39 is 7.14 Å². The van der Waals surface area contributed by atoms with Crippen LogP contribution in [-0.4, -0.2) is 0 Å². The van der Waals surface area contributed by atoms with Gasteiger partial charge in [-0.1, -0.05) is 54.6 Å². The Bertz CT molecular complexity index is 1280. The summed E-state index contributed by atoms with van der Waals surface area (Å²) in [6.45, 7) is 0. The Kier molecular flexibility index (Phi) is 3.15. The van der Waals surface area contributed by atoms with E-state index >= 15 is 0 Å². The topological polar surface area (TPSA) is 35.5 Å². The fraction of sp³-hybridized carbons (Fsp3) is 0. The van der Waals surface area contributed by atoms with Crippen molar-refractivity contribution in [1.82, 2.24) is 0 Å². The first-order valence-corrected chi connectivity index (χ1v) is 10.9. The molecular weight excluding hydrogens is 367 g/mol. The van der Waals surface area contributed by atoms with Crippen LogP contribution in [0.2, 0.25) is 0 Å². The van der Waals surface area contributed by atoms with Crippen molar-refractivity contribution >= 4 is 23.1 Å². The molecule has 6 rings (SSSR count). The Labute approximate surface area is 162 Å². The van der Waals surface area contributed by atoms with E-state index in [0.717, 1.165) is 21.7 Å². The van der Waals surface area contributed by atoms with Gasteiger partial charge < -0.3 is 14.0 Å². The maximum atomic E-state index is 14.8. The van der Waals surface area contributed by atoms with E-state index in [4.69, 9.17) is 9.47 Å². The highest BCUT2D eigenvalue weighted by Gasteiger charge is 2.46. The van der Waals surface area contributed by atoms with Crippen molar-refractivity contribution in [3.63, 3.8) is 0 Å². The smallest absolute Gasteiger partial charge is 0.185 e. The van der Waals surface area contributed by atoms with Crippen molar-refractivity contribution in [2.24, 2.45) is 0 Å². The van der Waals surface area contributed by atoms with Gasteiger partial charge in [-0.05, 0) is 42.0 Å². The predicted octanol–water partition coefficient (Wildman–Crippen LogP) is 5.20. The van der Waals surface area contributed by atoms with E-state index in [2.05, 4.69) is 0 Å². The van der Waals surface area contributed by atoms with Crippen LogP contribution in [0.4, 0.5) is 0 Å². The molecule has 1 unspecified atom stereocenters. The Morgan fingerprint density at radius 3 is 1.89 bits per heavy atom. The number of hydrogen-bond acceptors (Lipinski definition) is 3. The van der Waals surface area contributed by atoms with Crippen LogP contribution in [-0.2, 0) is 4.57 Å². The van der Waals surface area contributed by atoms with Gasteiger partial charge in [0.2, 0.25) is 0 Å². The van der Waals surface area contributed by atoms with Crippen LogP contribution in [0.25, 0.3) is 11.1 Å². The highest BCUT2D eigenvalue weighted by molar-refractivity contribution is 7.86. The first kappa shape index (κ1) is 15.7. The van der Waals surface area contributed by atoms with Crippen LogP contribution in [0.15, 0.2) is 91.0 Å². The standard InChI is InChI=1S/C24H15O3P/c25-28-21-12-6-4-10-18(21)26-20-15-14-17(16-8-2-1-3-9-16)23(24(20)28)27-19-11-5-7-13-22(19)28/h1-15H. The van der Waals surface area contributed by atoms with Crippen molar-refractivity contribution in [3.8, 4) is 34.1 Å². The summed E-state index contributed by atoms with van der Waals surface area (Å²) in [5, 5.41) is 2.11. The summed E-state index contributed by atoms with van der Waals surface area (Å²) in [5.74, 6) is 2.52. The molecule has 4 heteroatoms. The van der Waals surface area contributed by atoms with Crippen LogP contribution < -0.4 is 25.4 Å². The molecule has 134 valence electrons. The van der Waals surface area contributed by atoms with E-state index in [9.17, 15) is 4.57 Å². The zero-order valence-electron chi connectivity index (χ0n) is 14.8. The molecule has 0 radical (unpaired) electrons. The van der Waals surface area contributed by atoms with Crippen LogP contribution in [0.5, 0.6) is 23.0 Å². The largest absolute Gasteiger partial charge is 0.456 e. The molecule has 0 bridgehead atoms. The maximum absolute atomic E-state index is 14.8. The first-order valence-electron chi connectivity index (χ1n) is 9.15. The summed E-state index contributed by atoms with van der Waals surface area (Å²) in [5.41, 5.74) is 1.93. The van der Waals surface area contributed by atoms with Crippen LogP contribution in [0.1, 0.15) is 0 Å². The molecule has 0 N–H and O–H groups in total. The van der Waals surface area contributed by atoms with E-state index in [0.29, 0.717) is 28.3 Å². The average molecular weight is 382 g/mol. The summed E-state index contributed by atoms with van der Waals surface area (Å²) < 4.78 is 27.2. The Morgan fingerprint density at radius 1 is 0.571 bits per heavy atom. The highest BCUT2D eigenvalue weighted by atomic mass is 31.2. The summed E-state index contributed by atoms with van der Waals surface area (Å²) in [4.78, 5) is 0. The SMILES string of the molecule is O=P12c3ccccc3Oc3ccc(-c4ccccc4)c(c31)Oc1ccccc12. The molecule has 0 spiro atoms. The minimum atomic E-state index is -3.11. The van der Waals surface area contributed by atoms with Gasteiger partial charge in [0.1, 0.15) is 28.3 Å². The molecule has 3 nitrogen and oxygen atoms in total. The minimum Gasteiger partial charge on any atom is -0.456 e. The highest BCUT2D eigenvalue weighted by Crippen LogP contribution is 2.59. The molecular formula is C24H15O3P. The van der Waals surface area contributed by atoms with Crippen molar-refractivity contribution < 1.29 is 14.0 Å². The molecule has 28 heavy (non-hydrogen) atoms. The van der Waals surface area contributed by atoms with Gasteiger partial charge in [-0.15, -0.1) is 0 Å². The number of fused-ring (bicyclic) bond motifs is 4. The van der Waals surface area contributed by atoms with Crippen molar-refractivity contribution in [2.45, 2.75) is 0 Å². The monoisotopic (exact) mass is 382 g/mol. The number of ether oxygens (including phenoxy) is 2. The maximum Gasteiger partial charge on any atom is 0.185 e. The van der Waals surface area contributed by atoms with Gasteiger partial charge >= 0.3 is 0 Å². The third kappa shape index (κ3) is 1.97. The van der Waals surface area contributed by atoms with Gasteiger partial charge in [0, 0.05) is 5.56 Å². The van der Waals surface area contributed by atoms with Gasteiger partial charge in [-0.25, -0.2) is 0 Å². The lowest BCUT2D eigenvalue weighted by atomic mass is 10.0. The summed E-state index contributed by atoms with van der Waals surface area (Å²) in [7, 11) is -3.11. The second kappa shape index (κ2) is 5.60. The van der Waals surface area contributed by atoms with Crippen molar-refractivity contribution in [1.29, 1.82) is 0 Å². The predicted molar refractivity (Wildman–Crippen MR) is 111 cm³/mol. The van der Waals surface area contributed by atoms with Gasteiger partial charge in [-0.3, -0.25) is 0 Å². The van der Waals surface area contributed by atoms with Crippen molar-refractivity contribution in [2.75, 3.05) is 0 Å². The molecule has 0 aliphatic carbocycles. The normalized spacial score (nSPS) is 18.1. The van der Waals surface area contributed by atoms with Gasteiger partial charge in [0.05, 0.1) is 10.6 Å². The molecule has 4 aromatic carbocycles. The zero-order valence-corrected chi connectivity index (χ0v) is 15.7. The molecule has 4 aromatic rings. The van der Waals surface area contributed by atoms with Crippen molar-refractivity contribution in [3.05, 3.63) is 91.0 Å². The minimum absolute atomic E-state index is 0.603. The lowest BCUT2D eigenvalue weighted by molar-refractivity contribution is 0.463. The zero-order chi connectivity index (χ0) is 18.7. The van der Waals surface area contributed by atoms with E-state index in [1.54, 1.807) is 0 Å². The summed E-state index contributed by atoms with van der Waals surface area (Å²) >= 11 is 0. The third-order valence-electron chi connectivity index (χ3n) is 5.34. The first-order chi connectivity index (χ1) is 13.8. The van der Waals surface area contributed by atoms with Crippen LogP contribution in [0.3, 0.4) is 0 Å². The Balaban J connectivity index is 1.75. The number of rotatable bonds is 1. The van der Waals surface area contributed by atoms with Gasteiger partial charge in [0.25, 0.3) is 0 Å². The lowest BCUT2D eigenvalue weighted by Gasteiger charge is -2.35. The molecule has 0 aromatic heterocycles.